The zero-order valence-corrected chi connectivity index (χ0v) is 18.5. The van der Waals surface area contributed by atoms with Gasteiger partial charge in [0.2, 0.25) is 5.91 Å². The summed E-state index contributed by atoms with van der Waals surface area (Å²) in [6, 6.07) is 17.6. The van der Waals surface area contributed by atoms with E-state index in [0.29, 0.717) is 18.0 Å². The van der Waals surface area contributed by atoms with E-state index in [1.165, 1.54) is 5.01 Å². The molecular weight excluding hydrogens is 426 g/mol. The molecule has 6 nitrogen and oxygen atoms in total. The second kappa shape index (κ2) is 9.49. The summed E-state index contributed by atoms with van der Waals surface area (Å²) in [6.07, 6.45) is 1.48. The molecule has 1 aromatic heterocycles. The van der Waals surface area contributed by atoms with Crippen molar-refractivity contribution < 1.29 is 14.7 Å². The number of halogens is 1. The number of carbonyl (C=O) groups excluding carboxylic acids is 1. The summed E-state index contributed by atoms with van der Waals surface area (Å²) in [5.74, 6) is -1.09. The van der Waals surface area contributed by atoms with Crippen LogP contribution in [0.15, 0.2) is 59.7 Å². The second-order valence-corrected chi connectivity index (χ2v) is 8.40. The molecule has 0 fully saturated rings. The zero-order chi connectivity index (χ0) is 22.7. The average Bonchev–Trinajstić information content (AvgIpc) is 3.19. The van der Waals surface area contributed by atoms with Crippen molar-refractivity contribution in [2.24, 2.45) is 5.10 Å². The van der Waals surface area contributed by atoms with Gasteiger partial charge in [0.05, 0.1) is 17.3 Å². The van der Waals surface area contributed by atoms with Crippen molar-refractivity contribution in [2.75, 3.05) is 0 Å². The van der Waals surface area contributed by atoms with Crippen molar-refractivity contribution in [3.05, 3.63) is 76.4 Å². The standard InChI is InChI=1S/C25H24ClN3O3/c1-16-7-5-10-18-13-19(25(26)27-24(16)18)14-20-15-21(17-8-3-2-4-9-17)28-29(20)22(30)11-6-12-23(31)32/h2-5,7-10,13,20H,6,11-12,14-15H2,1H3,(H,31,32)/t20-/m0/s1. The number of pyridine rings is 1. The number of benzene rings is 2. The third-order valence-corrected chi connectivity index (χ3v) is 6.00. The number of para-hydroxylation sites is 1. The van der Waals surface area contributed by atoms with Crippen molar-refractivity contribution in [3.8, 4) is 0 Å². The molecular formula is C25H24ClN3O3. The van der Waals surface area contributed by atoms with E-state index in [0.717, 1.165) is 33.3 Å². The number of aliphatic carboxylic acids is 1. The largest absolute Gasteiger partial charge is 0.481 e. The van der Waals surface area contributed by atoms with Gasteiger partial charge in [-0.15, -0.1) is 0 Å². The molecule has 4 rings (SSSR count). The molecule has 32 heavy (non-hydrogen) atoms. The van der Waals surface area contributed by atoms with E-state index in [4.69, 9.17) is 16.7 Å². The van der Waals surface area contributed by atoms with Crippen LogP contribution < -0.4 is 0 Å². The van der Waals surface area contributed by atoms with Crippen LogP contribution in [-0.4, -0.2) is 38.7 Å². The number of nitrogens with zero attached hydrogens (tertiary/aromatic N) is 3. The van der Waals surface area contributed by atoms with Crippen molar-refractivity contribution in [2.45, 2.75) is 45.1 Å². The van der Waals surface area contributed by atoms with Crippen LogP contribution in [0, 0.1) is 6.92 Å². The summed E-state index contributed by atoms with van der Waals surface area (Å²) in [6.45, 7) is 2.00. The van der Waals surface area contributed by atoms with Crippen LogP contribution in [0.2, 0.25) is 5.15 Å². The Morgan fingerprint density at radius 1 is 1.12 bits per heavy atom. The lowest BCUT2D eigenvalue weighted by Gasteiger charge is -2.22. The van der Waals surface area contributed by atoms with Crippen LogP contribution in [0.5, 0.6) is 0 Å². The molecule has 2 aromatic carbocycles. The number of carbonyl (C=O) groups is 2. The topological polar surface area (TPSA) is 82.9 Å². The smallest absolute Gasteiger partial charge is 0.303 e. The molecule has 2 heterocycles. The van der Waals surface area contributed by atoms with E-state index in [9.17, 15) is 9.59 Å². The summed E-state index contributed by atoms with van der Waals surface area (Å²) in [7, 11) is 0. The fourth-order valence-corrected chi connectivity index (χ4v) is 4.27. The molecule has 1 aliphatic rings. The Morgan fingerprint density at radius 3 is 2.66 bits per heavy atom. The van der Waals surface area contributed by atoms with Crippen LogP contribution in [-0.2, 0) is 16.0 Å². The monoisotopic (exact) mass is 449 g/mol. The SMILES string of the molecule is Cc1cccc2cc(C[C@H]3CC(c4ccccc4)=NN3C(=O)CCCC(=O)O)c(Cl)nc12. The van der Waals surface area contributed by atoms with Gasteiger partial charge < -0.3 is 5.11 Å². The Balaban J connectivity index is 1.60. The number of hydrogen-bond acceptors (Lipinski definition) is 4. The van der Waals surface area contributed by atoms with Gasteiger partial charge in [-0.2, -0.15) is 5.10 Å². The van der Waals surface area contributed by atoms with E-state index in [2.05, 4.69) is 10.1 Å². The van der Waals surface area contributed by atoms with Gasteiger partial charge in [-0.1, -0.05) is 60.1 Å². The number of fused-ring (bicyclic) bond motifs is 1. The number of rotatable bonds is 7. The maximum Gasteiger partial charge on any atom is 0.303 e. The number of carboxylic acids is 1. The Bertz CT molecular complexity index is 1190. The maximum atomic E-state index is 12.9. The van der Waals surface area contributed by atoms with Crippen LogP contribution in [0.4, 0.5) is 0 Å². The molecule has 164 valence electrons. The molecule has 0 unspecified atom stereocenters. The lowest BCUT2D eigenvalue weighted by Crippen LogP contribution is -2.34. The lowest BCUT2D eigenvalue weighted by atomic mass is 9.98. The van der Waals surface area contributed by atoms with E-state index in [1.807, 2.05) is 61.5 Å². The van der Waals surface area contributed by atoms with Crippen LogP contribution in [0.3, 0.4) is 0 Å². The Hall–Kier alpha value is -3.25. The number of aromatic nitrogens is 1. The van der Waals surface area contributed by atoms with Gasteiger partial charge in [0, 0.05) is 24.6 Å². The Kier molecular flexibility index (Phi) is 6.51. The van der Waals surface area contributed by atoms with E-state index >= 15 is 0 Å². The van der Waals surface area contributed by atoms with Gasteiger partial charge in [-0.25, -0.2) is 9.99 Å². The fraction of sp³-hybridized carbons (Fsp3) is 0.280. The molecule has 0 saturated heterocycles. The Morgan fingerprint density at radius 2 is 1.91 bits per heavy atom. The fourth-order valence-electron chi connectivity index (χ4n) is 4.06. The molecule has 1 atom stereocenters. The highest BCUT2D eigenvalue weighted by molar-refractivity contribution is 6.30. The van der Waals surface area contributed by atoms with Gasteiger partial charge in [-0.05, 0) is 42.5 Å². The maximum absolute atomic E-state index is 12.9. The van der Waals surface area contributed by atoms with E-state index in [-0.39, 0.29) is 31.2 Å². The predicted octanol–water partition coefficient (Wildman–Crippen LogP) is 5.00. The van der Waals surface area contributed by atoms with Crippen molar-refractivity contribution in [1.29, 1.82) is 0 Å². The van der Waals surface area contributed by atoms with Crippen LogP contribution >= 0.6 is 11.6 Å². The van der Waals surface area contributed by atoms with Crippen LogP contribution in [0.1, 0.15) is 42.4 Å². The summed E-state index contributed by atoms with van der Waals surface area (Å²) in [5, 5.41) is 16.5. The third kappa shape index (κ3) is 4.81. The van der Waals surface area contributed by atoms with E-state index in [1.54, 1.807) is 0 Å². The molecule has 7 heteroatoms. The lowest BCUT2D eigenvalue weighted by molar-refractivity contribution is -0.137. The van der Waals surface area contributed by atoms with Gasteiger partial charge in [0.15, 0.2) is 0 Å². The van der Waals surface area contributed by atoms with Crippen molar-refractivity contribution in [3.63, 3.8) is 0 Å². The summed E-state index contributed by atoms with van der Waals surface area (Å²) in [4.78, 5) is 28.4. The summed E-state index contributed by atoms with van der Waals surface area (Å²) in [5.41, 5.74) is 4.60. The van der Waals surface area contributed by atoms with Gasteiger partial charge in [0.25, 0.3) is 0 Å². The van der Waals surface area contributed by atoms with Crippen LogP contribution in [0.25, 0.3) is 10.9 Å². The summed E-state index contributed by atoms with van der Waals surface area (Å²) < 4.78 is 0. The van der Waals surface area contributed by atoms with Crippen molar-refractivity contribution >= 4 is 40.1 Å². The first-order valence-electron chi connectivity index (χ1n) is 10.6. The zero-order valence-electron chi connectivity index (χ0n) is 17.8. The molecule has 0 radical (unpaired) electrons. The second-order valence-electron chi connectivity index (χ2n) is 8.05. The number of carboxylic acid groups (broad SMARTS) is 1. The first kappa shape index (κ1) is 22.0. The van der Waals surface area contributed by atoms with Crippen molar-refractivity contribution in [1.82, 2.24) is 9.99 Å². The number of hydrogen-bond donors (Lipinski definition) is 1. The average molecular weight is 450 g/mol. The predicted molar refractivity (Wildman–Crippen MR) is 125 cm³/mol. The minimum atomic E-state index is -0.909. The summed E-state index contributed by atoms with van der Waals surface area (Å²) >= 11 is 6.54. The highest BCUT2D eigenvalue weighted by atomic mass is 35.5. The molecule has 0 aliphatic carbocycles. The minimum absolute atomic E-state index is 0.0424. The van der Waals surface area contributed by atoms with E-state index < -0.39 is 5.97 Å². The normalized spacial score (nSPS) is 15.8. The first-order valence-corrected chi connectivity index (χ1v) is 11.0. The third-order valence-electron chi connectivity index (χ3n) is 5.68. The van der Waals surface area contributed by atoms with Gasteiger partial charge in [0.1, 0.15) is 5.15 Å². The number of hydrazone groups is 1. The minimum Gasteiger partial charge on any atom is -0.481 e. The van der Waals surface area contributed by atoms with Gasteiger partial charge in [-0.3, -0.25) is 9.59 Å². The molecule has 1 amide bonds. The Labute approximate surface area is 191 Å². The number of aryl methyl sites for hydroxylation is 1. The molecule has 0 spiro atoms. The quantitative estimate of drug-likeness (QED) is 0.514. The highest BCUT2D eigenvalue weighted by Crippen LogP contribution is 2.29. The van der Waals surface area contributed by atoms with Gasteiger partial charge >= 0.3 is 5.97 Å². The first-order chi connectivity index (χ1) is 15.4. The molecule has 3 aromatic rings. The molecule has 0 saturated carbocycles. The number of amides is 1. The molecule has 1 N–H and O–H groups in total. The molecule has 0 bridgehead atoms. The molecule has 1 aliphatic heterocycles. The highest BCUT2D eigenvalue weighted by Gasteiger charge is 2.32.